The van der Waals surface area contributed by atoms with Crippen LogP contribution in [0.5, 0.6) is 0 Å². The predicted octanol–water partition coefficient (Wildman–Crippen LogP) is 1.71. The van der Waals surface area contributed by atoms with Crippen molar-refractivity contribution in [2.45, 2.75) is 32.6 Å². The van der Waals surface area contributed by atoms with E-state index in [-0.39, 0.29) is 5.41 Å². The van der Waals surface area contributed by atoms with E-state index in [0.29, 0.717) is 34.6 Å². The van der Waals surface area contributed by atoms with Crippen LogP contribution in [0, 0.1) is 28.6 Å². The number of ether oxygens (including phenoxy) is 1. The maximum atomic E-state index is 11.8. The van der Waals surface area contributed by atoms with Gasteiger partial charge in [-0.1, -0.05) is 19.9 Å². The van der Waals surface area contributed by atoms with Crippen LogP contribution in [0.25, 0.3) is 11.6 Å². The number of nitriles is 1. The topological polar surface area (TPSA) is 65.9 Å². The normalized spacial score (nSPS) is 37.7. The molecule has 1 aromatic rings. The van der Waals surface area contributed by atoms with E-state index < -0.39 is 0 Å². The molecule has 1 N–H and O–H groups in total. The largest absolute Gasteiger partial charge is 0.496 e. The standard InChI is InChI=1S/C19H20N2O2/c1-10-15-6-12-13(8-20)17(11-4-5-11)21-18(12)14(9-22)16(23-3)7-19(10,15)2/h6-7,9-11,15,21H,4-5H2,1-3H3/b12-6-,16-7-,18-14+/t10?,15?,19-/m1/s1. The third-order valence-electron chi connectivity index (χ3n) is 5.95. The number of carbonyl (C=O) groups excluding carboxylic acids is 1. The molecule has 2 saturated carbocycles. The third-order valence-corrected chi connectivity index (χ3v) is 5.95. The quantitative estimate of drug-likeness (QED) is 0.865. The lowest BCUT2D eigenvalue weighted by Crippen LogP contribution is -2.30. The Labute approximate surface area is 135 Å². The number of H-pyrrole nitrogens is 1. The summed E-state index contributed by atoms with van der Waals surface area (Å²) in [5, 5.41) is 11.3. The van der Waals surface area contributed by atoms with E-state index in [1.807, 2.05) is 0 Å². The molecule has 2 fully saturated rings. The van der Waals surface area contributed by atoms with Gasteiger partial charge >= 0.3 is 0 Å². The first kappa shape index (κ1) is 14.3. The number of aromatic amines is 1. The molecule has 3 aliphatic carbocycles. The Hall–Kier alpha value is -2.28. The van der Waals surface area contributed by atoms with E-state index in [1.165, 1.54) is 0 Å². The molecule has 4 rings (SSSR count). The summed E-state index contributed by atoms with van der Waals surface area (Å²) in [5.74, 6) is 1.88. The lowest BCUT2D eigenvalue weighted by atomic mass is 9.98. The molecule has 0 spiro atoms. The fourth-order valence-electron chi connectivity index (χ4n) is 4.01. The molecule has 0 amide bonds. The first-order valence-corrected chi connectivity index (χ1v) is 8.15. The second kappa shape index (κ2) is 4.61. The highest BCUT2D eigenvalue weighted by Gasteiger charge is 2.56. The van der Waals surface area contributed by atoms with Crippen molar-refractivity contribution in [3.8, 4) is 6.07 Å². The summed E-state index contributed by atoms with van der Waals surface area (Å²) in [4.78, 5) is 15.2. The van der Waals surface area contributed by atoms with Gasteiger partial charge in [-0.3, -0.25) is 4.79 Å². The van der Waals surface area contributed by atoms with Gasteiger partial charge in [0, 0.05) is 16.8 Å². The van der Waals surface area contributed by atoms with Crippen LogP contribution in [0.3, 0.4) is 0 Å². The molecule has 118 valence electrons. The zero-order chi connectivity index (χ0) is 16.4. The van der Waals surface area contributed by atoms with Gasteiger partial charge < -0.3 is 9.72 Å². The molecular weight excluding hydrogens is 288 g/mol. The number of nitrogens with zero attached hydrogens (tertiary/aromatic N) is 1. The number of carbonyl (C=O) groups is 1. The summed E-state index contributed by atoms with van der Waals surface area (Å²) in [5.41, 5.74) is 2.20. The number of nitrogens with one attached hydrogen (secondary N) is 1. The second-order valence-electron chi connectivity index (χ2n) is 7.18. The van der Waals surface area contributed by atoms with E-state index in [2.05, 4.69) is 37.1 Å². The summed E-state index contributed by atoms with van der Waals surface area (Å²) in [6, 6.07) is 2.37. The lowest BCUT2D eigenvalue weighted by Gasteiger charge is -2.11. The van der Waals surface area contributed by atoms with Crippen molar-refractivity contribution in [3.63, 3.8) is 0 Å². The fraction of sp³-hybridized carbons (Fsp3) is 0.474. The van der Waals surface area contributed by atoms with E-state index in [9.17, 15) is 10.1 Å². The molecule has 4 nitrogen and oxygen atoms in total. The van der Waals surface area contributed by atoms with Gasteiger partial charge in [-0.15, -0.1) is 0 Å². The molecule has 0 aromatic carbocycles. The molecule has 23 heavy (non-hydrogen) atoms. The predicted molar refractivity (Wildman–Crippen MR) is 86.5 cm³/mol. The van der Waals surface area contributed by atoms with Crippen molar-refractivity contribution in [2.24, 2.45) is 17.3 Å². The van der Waals surface area contributed by atoms with Crippen LogP contribution < -0.4 is 10.6 Å². The molecule has 2 unspecified atom stereocenters. The highest BCUT2D eigenvalue weighted by Crippen LogP contribution is 2.61. The first-order chi connectivity index (χ1) is 11.0. The van der Waals surface area contributed by atoms with Gasteiger partial charge in [0.15, 0.2) is 6.29 Å². The molecule has 3 aliphatic rings. The van der Waals surface area contributed by atoms with Gasteiger partial charge in [0.05, 0.1) is 23.6 Å². The number of methoxy groups -OCH3 is 1. The van der Waals surface area contributed by atoms with Crippen LogP contribution in [-0.4, -0.2) is 18.4 Å². The van der Waals surface area contributed by atoms with Crippen LogP contribution in [0.15, 0.2) is 11.8 Å². The third kappa shape index (κ3) is 1.86. The number of rotatable bonds is 3. The van der Waals surface area contributed by atoms with Crippen LogP contribution in [0.1, 0.15) is 43.9 Å². The summed E-state index contributed by atoms with van der Waals surface area (Å²) >= 11 is 0. The van der Waals surface area contributed by atoms with E-state index >= 15 is 0 Å². The number of hydrogen-bond donors (Lipinski definition) is 1. The Morgan fingerprint density at radius 1 is 1.48 bits per heavy atom. The minimum Gasteiger partial charge on any atom is -0.496 e. The van der Waals surface area contributed by atoms with E-state index in [0.717, 1.165) is 35.4 Å². The highest BCUT2D eigenvalue weighted by molar-refractivity contribution is 6.05. The van der Waals surface area contributed by atoms with Crippen molar-refractivity contribution in [1.29, 1.82) is 5.26 Å². The monoisotopic (exact) mass is 308 g/mol. The Bertz CT molecular complexity index is 895. The second-order valence-corrected chi connectivity index (χ2v) is 7.18. The maximum Gasteiger partial charge on any atom is 0.155 e. The summed E-state index contributed by atoms with van der Waals surface area (Å²) < 4.78 is 5.53. The molecule has 3 atom stereocenters. The van der Waals surface area contributed by atoms with Crippen molar-refractivity contribution >= 4 is 17.9 Å². The van der Waals surface area contributed by atoms with E-state index in [1.54, 1.807) is 7.11 Å². The Kier molecular flexibility index (Phi) is 2.87. The summed E-state index contributed by atoms with van der Waals surface area (Å²) in [6.45, 7) is 4.39. The van der Waals surface area contributed by atoms with Crippen molar-refractivity contribution in [1.82, 2.24) is 4.98 Å². The summed E-state index contributed by atoms with van der Waals surface area (Å²) in [6.07, 6.45) is 7.32. The number of allylic oxidation sites excluding steroid dienone is 2. The van der Waals surface area contributed by atoms with E-state index in [4.69, 9.17) is 4.74 Å². The molecular formula is C19H20N2O2. The molecule has 0 bridgehead atoms. The zero-order valence-electron chi connectivity index (χ0n) is 13.6. The van der Waals surface area contributed by atoms with Gasteiger partial charge in [0.2, 0.25) is 0 Å². The zero-order valence-corrected chi connectivity index (χ0v) is 13.6. The van der Waals surface area contributed by atoms with Crippen LogP contribution in [0.2, 0.25) is 0 Å². The molecule has 0 radical (unpaired) electrons. The molecule has 0 saturated heterocycles. The van der Waals surface area contributed by atoms with Gasteiger partial charge in [0.1, 0.15) is 11.8 Å². The number of aromatic nitrogens is 1. The molecule has 4 heteroatoms. The Balaban J connectivity index is 2.11. The minimum absolute atomic E-state index is 0.0129. The van der Waals surface area contributed by atoms with Crippen molar-refractivity contribution in [2.75, 3.05) is 7.11 Å². The van der Waals surface area contributed by atoms with Crippen LogP contribution >= 0.6 is 0 Å². The molecule has 1 aromatic heterocycles. The van der Waals surface area contributed by atoms with Gasteiger partial charge in [-0.2, -0.15) is 5.26 Å². The average molecular weight is 308 g/mol. The average Bonchev–Trinajstić information content (AvgIpc) is 3.42. The molecule has 1 heterocycles. The maximum absolute atomic E-state index is 11.8. The first-order valence-electron chi connectivity index (χ1n) is 8.15. The van der Waals surface area contributed by atoms with Gasteiger partial charge in [-0.25, -0.2) is 0 Å². The highest BCUT2D eigenvalue weighted by atomic mass is 16.5. The minimum atomic E-state index is -0.0129. The number of aldehydes is 1. The van der Waals surface area contributed by atoms with Crippen LogP contribution in [-0.2, 0) is 9.53 Å². The summed E-state index contributed by atoms with van der Waals surface area (Å²) in [7, 11) is 1.60. The van der Waals surface area contributed by atoms with Crippen molar-refractivity contribution in [3.05, 3.63) is 33.7 Å². The lowest BCUT2D eigenvalue weighted by molar-refractivity contribution is -0.103. The smallest absolute Gasteiger partial charge is 0.155 e. The van der Waals surface area contributed by atoms with Gasteiger partial charge in [-0.05, 0) is 36.2 Å². The SMILES string of the molecule is COC1=C/[C@]2(C)C(C)C2/C=c2/c(C#N)c(C3CC3)[nH]/c2=C/1C=O. The van der Waals surface area contributed by atoms with Crippen LogP contribution in [0.4, 0.5) is 0 Å². The number of hydrogen-bond acceptors (Lipinski definition) is 3. The van der Waals surface area contributed by atoms with Crippen molar-refractivity contribution < 1.29 is 9.53 Å². The molecule has 0 aliphatic heterocycles. The Morgan fingerprint density at radius 2 is 2.22 bits per heavy atom. The Morgan fingerprint density at radius 3 is 2.78 bits per heavy atom. The number of fused-ring (bicyclic) bond motifs is 2. The fourth-order valence-corrected chi connectivity index (χ4v) is 4.01. The van der Waals surface area contributed by atoms with Gasteiger partial charge in [0.25, 0.3) is 0 Å².